The zero-order chi connectivity index (χ0) is 35.2. The number of carboxylic acid groups (broad SMARTS) is 1. The minimum absolute atomic E-state index is 0.0343. The van der Waals surface area contributed by atoms with Crippen LogP contribution in [0.15, 0.2) is 60.8 Å². The van der Waals surface area contributed by atoms with Gasteiger partial charge in [-0.25, -0.2) is 13.6 Å². The fourth-order valence-corrected chi connectivity index (χ4v) is 6.92. The van der Waals surface area contributed by atoms with Gasteiger partial charge in [-0.1, -0.05) is 51.1 Å². The number of rotatable bonds is 12. The molecule has 260 valence electrons. The third-order valence-corrected chi connectivity index (χ3v) is 9.12. The Kier molecular flexibility index (Phi) is 12.0. The van der Waals surface area contributed by atoms with Gasteiger partial charge >= 0.3 is 12.1 Å². The number of carbonyl (C=O) groups is 3. The molecule has 0 spiro atoms. The lowest BCUT2D eigenvalue weighted by Gasteiger charge is -2.42. The average molecular weight is 684 g/mol. The van der Waals surface area contributed by atoms with Crippen molar-refractivity contribution in [2.75, 3.05) is 31.1 Å². The second-order valence-electron chi connectivity index (χ2n) is 14.5. The average Bonchev–Trinajstić information content (AvgIpc) is 3.62. The van der Waals surface area contributed by atoms with Crippen molar-refractivity contribution in [1.82, 2.24) is 14.4 Å². The Morgan fingerprint density at radius 1 is 1.04 bits per heavy atom. The molecule has 0 radical (unpaired) electrons. The summed E-state index contributed by atoms with van der Waals surface area (Å²) in [6.07, 6.45) is 2.04. The molecule has 2 heterocycles. The molecular weight excluding hydrogens is 636 g/mol. The number of likely N-dealkylation sites (tertiary alicyclic amines) is 1. The Hall–Kier alpha value is -3.86. The van der Waals surface area contributed by atoms with E-state index in [0.29, 0.717) is 43.9 Å². The number of carboxylic acids is 1. The molecule has 2 aromatic carbocycles. The normalized spacial score (nSPS) is 15.8. The fraction of sp³-hybridized carbons (Fsp3) is 0.486. The first kappa shape index (κ1) is 37.0. The van der Waals surface area contributed by atoms with E-state index in [0.717, 1.165) is 23.4 Å². The van der Waals surface area contributed by atoms with Crippen molar-refractivity contribution in [2.45, 2.75) is 72.6 Å². The summed E-state index contributed by atoms with van der Waals surface area (Å²) in [7, 11) is 0. The number of carbonyl (C=O) groups excluding carboxylic acids is 2. The minimum atomic E-state index is -0.927. The molecule has 8 nitrogen and oxygen atoms in total. The zero-order valence-corrected chi connectivity index (χ0v) is 29.5. The van der Waals surface area contributed by atoms with Crippen LogP contribution in [0.1, 0.15) is 71.7 Å². The molecule has 1 unspecified atom stereocenters. The van der Waals surface area contributed by atoms with Gasteiger partial charge in [0, 0.05) is 54.9 Å². The maximum atomic E-state index is 15.1. The fourth-order valence-electron chi connectivity index (χ4n) is 6.12. The van der Waals surface area contributed by atoms with Crippen LogP contribution in [-0.4, -0.2) is 74.2 Å². The van der Waals surface area contributed by atoms with Crippen molar-refractivity contribution >= 4 is 29.7 Å². The molecule has 1 aromatic heterocycles. The van der Waals surface area contributed by atoms with Crippen LogP contribution >= 0.6 is 11.8 Å². The lowest BCUT2D eigenvalue weighted by Crippen LogP contribution is -2.46. The van der Waals surface area contributed by atoms with Crippen LogP contribution in [0.25, 0.3) is 11.1 Å². The van der Waals surface area contributed by atoms with Gasteiger partial charge in [-0.15, -0.1) is 0 Å². The van der Waals surface area contributed by atoms with Crippen LogP contribution in [0, 0.1) is 23.0 Å². The molecule has 0 saturated carbocycles. The first-order valence-corrected chi connectivity index (χ1v) is 17.4. The van der Waals surface area contributed by atoms with Gasteiger partial charge < -0.3 is 24.2 Å². The van der Waals surface area contributed by atoms with E-state index in [4.69, 9.17) is 9.84 Å². The molecule has 1 saturated heterocycles. The van der Waals surface area contributed by atoms with Crippen LogP contribution in [0.2, 0.25) is 0 Å². The Morgan fingerprint density at radius 3 is 2.40 bits per heavy atom. The van der Waals surface area contributed by atoms with Gasteiger partial charge in [-0.2, -0.15) is 11.8 Å². The number of amides is 2. The quantitative estimate of drug-likeness (QED) is 0.196. The summed E-state index contributed by atoms with van der Waals surface area (Å²) in [6.45, 7) is 13.3. The number of aliphatic carboxylic acids is 1. The van der Waals surface area contributed by atoms with E-state index in [-0.39, 0.29) is 29.6 Å². The van der Waals surface area contributed by atoms with Gasteiger partial charge in [0.15, 0.2) is 0 Å². The van der Waals surface area contributed by atoms with Crippen molar-refractivity contribution in [3.63, 3.8) is 0 Å². The summed E-state index contributed by atoms with van der Waals surface area (Å²) in [5.41, 5.74) is 1.23. The second-order valence-corrected chi connectivity index (χ2v) is 15.6. The van der Waals surface area contributed by atoms with Gasteiger partial charge in [0.05, 0.1) is 18.2 Å². The smallest absolute Gasteiger partial charge is 0.410 e. The Balaban J connectivity index is 1.76. The highest BCUT2D eigenvalue weighted by atomic mass is 32.2. The molecule has 4 rings (SSSR count). The maximum absolute atomic E-state index is 15.1. The largest absolute Gasteiger partial charge is 0.481 e. The summed E-state index contributed by atoms with van der Waals surface area (Å²) in [6, 6.07) is 14.5. The molecule has 0 bridgehead atoms. The van der Waals surface area contributed by atoms with Gasteiger partial charge in [0.1, 0.15) is 17.2 Å². The summed E-state index contributed by atoms with van der Waals surface area (Å²) in [5, 5.41) is 9.14. The molecule has 1 aliphatic heterocycles. The van der Waals surface area contributed by atoms with Crippen LogP contribution in [0.5, 0.6) is 0 Å². The predicted octanol–water partition coefficient (Wildman–Crippen LogP) is 7.86. The molecule has 1 aliphatic rings. The topological polar surface area (TPSA) is 92.1 Å². The number of hydrogen-bond acceptors (Lipinski definition) is 5. The third kappa shape index (κ3) is 10.1. The molecule has 0 aliphatic carbocycles. The van der Waals surface area contributed by atoms with Crippen molar-refractivity contribution < 1.29 is 33.0 Å². The molecule has 2 amide bonds. The monoisotopic (exact) mass is 683 g/mol. The Bertz CT molecular complexity index is 1580. The van der Waals surface area contributed by atoms with Crippen molar-refractivity contribution in [3.8, 4) is 11.1 Å². The number of aromatic nitrogens is 1. The summed E-state index contributed by atoms with van der Waals surface area (Å²) in [5.74, 6) is -1.86. The second kappa shape index (κ2) is 15.6. The van der Waals surface area contributed by atoms with Gasteiger partial charge in [0.25, 0.3) is 0 Å². The van der Waals surface area contributed by atoms with E-state index < -0.39 is 40.8 Å². The third-order valence-electron chi connectivity index (χ3n) is 8.18. The Labute approximate surface area is 286 Å². The number of thioether (sulfide) groups is 1. The van der Waals surface area contributed by atoms with E-state index >= 15 is 4.39 Å². The molecule has 1 N–H and O–H groups in total. The standard InChI is InChI=1S/C37H47F2N3O5S/c1-36(2,3)34(31-18-27(29-19-28(38)12-13-30(29)39)23-41(31)20-25-10-8-7-9-11-25)42(32(43)24-48-17-15-33(44)45)22-26-14-16-40(21-26)35(46)47-37(4,5)6/h7-13,18-19,23,26,34H,14-17,20-22,24H2,1-6H3,(H,44,45)/t26?,34-/m0/s1. The lowest BCUT2D eigenvalue weighted by molar-refractivity contribution is -0.137. The van der Waals surface area contributed by atoms with Gasteiger partial charge in [-0.05, 0) is 68.4 Å². The molecule has 2 atom stereocenters. The first-order chi connectivity index (χ1) is 22.5. The SMILES string of the molecule is CC(C)(C)OC(=O)N1CCC(CN(C(=O)CSCCC(=O)O)[C@@H](c2cc(-c3cc(F)ccc3F)cn2Cc2ccccc2)C(C)(C)C)C1. The Morgan fingerprint density at radius 2 is 1.75 bits per heavy atom. The first-order valence-electron chi connectivity index (χ1n) is 16.3. The number of halogens is 2. The number of benzene rings is 2. The van der Waals surface area contributed by atoms with E-state index in [1.54, 1.807) is 4.90 Å². The summed E-state index contributed by atoms with van der Waals surface area (Å²) >= 11 is 1.27. The van der Waals surface area contributed by atoms with E-state index in [1.807, 2.05) is 93.6 Å². The molecular formula is C37H47F2N3O5S. The van der Waals surface area contributed by atoms with E-state index in [1.165, 1.54) is 17.8 Å². The van der Waals surface area contributed by atoms with E-state index in [2.05, 4.69) is 0 Å². The van der Waals surface area contributed by atoms with Crippen molar-refractivity contribution in [1.29, 1.82) is 0 Å². The highest BCUT2D eigenvalue weighted by molar-refractivity contribution is 7.99. The predicted molar refractivity (Wildman–Crippen MR) is 185 cm³/mol. The number of ether oxygens (including phenoxy) is 1. The highest BCUT2D eigenvalue weighted by Crippen LogP contribution is 2.42. The number of nitrogens with zero attached hydrogens (tertiary/aromatic N) is 3. The summed E-state index contributed by atoms with van der Waals surface area (Å²) in [4.78, 5) is 41.8. The van der Waals surface area contributed by atoms with E-state index in [9.17, 15) is 18.8 Å². The highest BCUT2D eigenvalue weighted by Gasteiger charge is 2.40. The molecule has 1 fully saturated rings. The maximum Gasteiger partial charge on any atom is 0.410 e. The minimum Gasteiger partial charge on any atom is -0.481 e. The van der Waals surface area contributed by atoms with Crippen LogP contribution < -0.4 is 0 Å². The summed E-state index contributed by atoms with van der Waals surface area (Å²) < 4.78 is 37.1. The molecule has 11 heteroatoms. The van der Waals surface area contributed by atoms with Crippen LogP contribution in [0.3, 0.4) is 0 Å². The van der Waals surface area contributed by atoms with Crippen molar-refractivity contribution in [3.05, 3.63) is 83.7 Å². The van der Waals surface area contributed by atoms with Crippen LogP contribution in [0.4, 0.5) is 13.6 Å². The van der Waals surface area contributed by atoms with Crippen molar-refractivity contribution in [2.24, 2.45) is 11.3 Å². The lowest BCUT2D eigenvalue weighted by atomic mass is 9.82. The van der Waals surface area contributed by atoms with Gasteiger partial charge in [-0.3, -0.25) is 9.59 Å². The molecule has 48 heavy (non-hydrogen) atoms. The van der Waals surface area contributed by atoms with Gasteiger partial charge in [0.2, 0.25) is 5.91 Å². The number of hydrogen-bond donors (Lipinski definition) is 1. The molecule has 3 aromatic rings. The zero-order valence-electron chi connectivity index (χ0n) is 28.7. The van der Waals surface area contributed by atoms with Crippen LogP contribution in [-0.2, 0) is 20.9 Å².